The van der Waals surface area contributed by atoms with Crippen LogP contribution < -0.4 is 0 Å². The minimum absolute atomic E-state index is 0.771. The summed E-state index contributed by atoms with van der Waals surface area (Å²) < 4.78 is 0. The minimum Gasteiger partial charge on any atom is -0.0625 e. The zero-order chi connectivity index (χ0) is 15.5. The lowest BCUT2D eigenvalue weighted by Crippen LogP contribution is -2.44. The molecule has 1 heteroatoms. The molecule has 0 heterocycles. The summed E-state index contributed by atoms with van der Waals surface area (Å²) in [6, 6.07) is 0. The summed E-state index contributed by atoms with van der Waals surface area (Å²) in [4.78, 5) is 0. The van der Waals surface area contributed by atoms with Gasteiger partial charge in [-0.05, 0) is 106 Å². The van der Waals surface area contributed by atoms with Gasteiger partial charge in [0.1, 0.15) is 15.7 Å². The highest BCUT2D eigenvalue weighted by molar-refractivity contribution is 7.98. The van der Waals surface area contributed by atoms with Crippen LogP contribution in [0.25, 0.3) is 0 Å². The number of hydrogen-bond donors (Lipinski definition) is 0. The Labute approximate surface area is 142 Å². The molecule has 0 aromatic carbocycles. The van der Waals surface area contributed by atoms with Gasteiger partial charge in [0.05, 0.1) is 0 Å². The average molecular weight is 324 g/mol. The molecule has 3 fully saturated rings. The summed E-state index contributed by atoms with van der Waals surface area (Å²) in [7, 11) is 0.771. The highest BCUT2D eigenvalue weighted by Gasteiger charge is 2.46. The molecule has 0 radical (unpaired) electrons. The van der Waals surface area contributed by atoms with E-state index >= 15 is 0 Å². The second-order valence-corrected chi connectivity index (χ2v) is 11.9. The van der Waals surface area contributed by atoms with E-state index in [1.165, 1.54) is 38.5 Å². The quantitative estimate of drug-likeness (QED) is 0.531. The van der Waals surface area contributed by atoms with E-state index in [0.717, 1.165) is 44.4 Å². The summed E-state index contributed by atoms with van der Waals surface area (Å²) in [5, 5.41) is 3.36. The summed E-state index contributed by atoms with van der Waals surface area (Å²) in [6.07, 6.45) is 18.6. The fourth-order valence-electron chi connectivity index (χ4n) is 5.32. The Kier molecular flexibility index (Phi) is 6.21. The van der Waals surface area contributed by atoms with Gasteiger partial charge in [-0.1, -0.05) is 20.8 Å². The summed E-state index contributed by atoms with van der Waals surface area (Å²) in [5.74, 6) is 3.04. The van der Waals surface area contributed by atoms with Gasteiger partial charge in [-0.2, -0.15) is 0 Å². The van der Waals surface area contributed by atoms with Crippen LogP contribution in [-0.2, 0) is 10.9 Å². The van der Waals surface area contributed by atoms with Gasteiger partial charge in [0, 0.05) is 0 Å². The van der Waals surface area contributed by atoms with Crippen molar-refractivity contribution in [2.45, 2.75) is 114 Å². The maximum absolute atomic E-state index is 2.49. The molecule has 0 saturated heterocycles. The predicted octanol–water partition coefficient (Wildman–Crippen LogP) is 6.34. The highest BCUT2D eigenvalue weighted by Crippen LogP contribution is 2.42. The number of rotatable bonds is 3. The molecule has 22 heavy (non-hydrogen) atoms. The van der Waals surface area contributed by atoms with Crippen LogP contribution in [0.3, 0.4) is 0 Å². The van der Waals surface area contributed by atoms with E-state index < -0.39 is 0 Å². The Morgan fingerprint density at radius 3 is 0.864 bits per heavy atom. The first-order chi connectivity index (χ1) is 10.6. The van der Waals surface area contributed by atoms with Crippen LogP contribution in [0.4, 0.5) is 0 Å². The molecule has 0 N–H and O–H groups in total. The van der Waals surface area contributed by atoms with Gasteiger partial charge in [-0.3, -0.25) is 0 Å². The lowest BCUT2D eigenvalue weighted by atomic mass is 9.89. The van der Waals surface area contributed by atoms with Gasteiger partial charge in [-0.25, -0.2) is 0 Å². The van der Waals surface area contributed by atoms with Crippen LogP contribution in [0.5, 0.6) is 0 Å². The van der Waals surface area contributed by atoms with E-state index in [-0.39, 0.29) is 0 Å². The highest BCUT2D eigenvalue weighted by atomic mass is 32.2. The summed E-state index contributed by atoms with van der Waals surface area (Å²) >= 11 is 0. The first kappa shape index (κ1) is 17.2. The van der Waals surface area contributed by atoms with Crippen LogP contribution >= 0.6 is 0 Å². The monoisotopic (exact) mass is 323 g/mol. The van der Waals surface area contributed by atoms with Gasteiger partial charge < -0.3 is 0 Å². The van der Waals surface area contributed by atoms with Crippen LogP contribution in [-0.4, -0.2) is 15.7 Å². The van der Waals surface area contributed by atoms with Gasteiger partial charge >= 0.3 is 0 Å². The van der Waals surface area contributed by atoms with Gasteiger partial charge in [0.15, 0.2) is 0 Å². The Balaban J connectivity index is 1.67. The molecule has 3 rings (SSSR count). The maximum Gasteiger partial charge on any atom is 0.118 e. The topological polar surface area (TPSA) is 0 Å². The van der Waals surface area contributed by atoms with Gasteiger partial charge in [0.25, 0.3) is 0 Å². The molecule has 0 atom stereocenters. The molecule has 0 bridgehead atoms. The molecule has 0 unspecified atom stereocenters. The molecule has 128 valence electrons. The van der Waals surface area contributed by atoms with Gasteiger partial charge in [0.2, 0.25) is 0 Å². The van der Waals surface area contributed by atoms with Crippen LogP contribution in [0.2, 0.25) is 0 Å². The molecule has 0 aromatic rings. The number of hydrogen-bond acceptors (Lipinski definition) is 0. The fourth-order valence-corrected chi connectivity index (χ4v) is 9.40. The third-order valence-electron chi connectivity index (χ3n) is 7.04. The van der Waals surface area contributed by atoms with Crippen LogP contribution in [0, 0.1) is 17.8 Å². The second-order valence-electron chi connectivity index (χ2n) is 9.05. The molecule has 0 nitrogen and oxygen atoms in total. The van der Waals surface area contributed by atoms with E-state index in [1.807, 2.05) is 0 Å². The molecular formula is C21H39S+. The molecule has 0 aliphatic heterocycles. The molecule has 0 aromatic heterocycles. The van der Waals surface area contributed by atoms with Crippen LogP contribution in [0.1, 0.15) is 97.8 Å². The Morgan fingerprint density at radius 2 is 0.636 bits per heavy atom. The molecule has 3 aliphatic rings. The van der Waals surface area contributed by atoms with Crippen LogP contribution in [0.15, 0.2) is 0 Å². The van der Waals surface area contributed by atoms with Crippen molar-refractivity contribution in [3.8, 4) is 0 Å². The van der Waals surface area contributed by atoms with E-state index in [9.17, 15) is 0 Å². The summed E-state index contributed by atoms with van der Waals surface area (Å²) in [5.41, 5.74) is 0. The SMILES string of the molecule is CC1CCC([S+](C2CCC(C)CC2)C2CCC(C)CC2)CC1. The molecule has 0 amide bonds. The zero-order valence-corrected chi connectivity index (χ0v) is 16.2. The smallest absolute Gasteiger partial charge is 0.0625 e. The van der Waals surface area contributed by atoms with Gasteiger partial charge in [-0.15, -0.1) is 0 Å². The van der Waals surface area contributed by atoms with Crippen molar-refractivity contribution in [3.05, 3.63) is 0 Å². The minimum atomic E-state index is 0.771. The first-order valence-corrected chi connectivity index (χ1v) is 11.8. The maximum atomic E-state index is 2.49. The molecule has 3 saturated carbocycles. The van der Waals surface area contributed by atoms with Crippen molar-refractivity contribution in [2.24, 2.45) is 17.8 Å². The lowest BCUT2D eigenvalue weighted by Gasteiger charge is -2.38. The Hall–Kier alpha value is 0.350. The van der Waals surface area contributed by atoms with Crippen molar-refractivity contribution >= 4 is 10.9 Å². The van der Waals surface area contributed by atoms with E-state index in [1.54, 1.807) is 38.5 Å². The Bertz CT molecular complexity index is 262. The zero-order valence-electron chi connectivity index (χ0n) is 15.4. The lowest BCUT2D eigenvalue weighted by molar-refractivity contribution is 0.361. The summed E-state index contributed by atoms with van der Waals surface area (Å²) in [6.45, 7) is 7.46. The largest absolute Gasteiger partial charge is 0.118 e. The van der Waals surface area contributed by atoms with Crippen molar-refractivity contribution in [1.29, 1.82) is 0 Å². The van der Waals surface area contributed by atoms with E-state index in [4.69, 9.17) is 0 Å². The van der Waals surface area contributed by atoms with E-state index in [0.29, 0.717) is 0 Å². The Morgan fingerprint density at radius 1 is 0.409 bits per heavy atom. The molecular weight excluding hydrogens is 284 g/mol. The average Bonchev–Trinajstić information content (AvgIpc) is 2.53. The van der Waals surface area contributed by atoms with E-state index in [2.05, 4.69) is 20.8 Å². The normalized spacial score (nSPS) is 45.4. The third kappa shape index (κ3) is 4.25. The van der Waals surface area contributed by atoms with Crippen molar-refractivity contribution < 1.29 is 0 Å². The standard InChI is InChI=1S/C21H39S/c1-16-4-10-19(11-5-16)22(20-12-6-17(2)7-13-20)21-14-8-18(3)9-15-21/h16-21H,4-15H2,1-3H3/q+1. The first-order valence-electron chi connectivity index (χ1n) is 10.3. The molecule has 0 spiro atoms. The van der Waals surface area contributed by atoms with Crippen molar-refractivity contribution in [3.63, 3.8) is 0 Å². The van der Waals surface area contributed by atoms with Crippen molar-refractivity contribution in [2.75, 3.05) is 0 Å². The molecule has 3 aliphatic carbocycles. The second kappa shape index (κ2) is 7.95. The predicted molar refractivity (Wildman–Crippen MR) is 102 cm³/mol. The third-order valence-corrected chi connectivity index (χ3v) is 10.8. The fraction of sp³-hybridized carbons (Fsp3) is 1.00. The van der Waals surface area contributed by atoms with Crippen molar-refractivity contribution in [1.82, 2.24) is 0 Å².